The molecule has 3 aromatic rings. The van der Waals surface area contributed by atoms with Crippen LogP contribution < -0.4 is 14.9 Å². The van der Waals surface area contributed by atoms with Crippen LogP contribution in [0.15, 0.2) is 64.3 Å². The van der Waals surface area contributed by atoms with Crippen molar-refractivity contribution in [3.8, 4) is 0 Å². The molecule has 1 fully saturated rings. The number of aromatic nitrogens is 1. The number of hydrogen-bond donors (Lipinski definition) is 2. The van der Waals surface area contributed by atoms with Crippen LogP contribution in [0.2, 0.25) is 0 Å². The summed E-state index contributed by atoms with van der Waals surface area (Å²) in [6, 6.07) is 13.6. The summed E-state index contributed by atoms with van der Waals surface area (Å²) in [4.78, 5) is 19.4. The van der Waals surface area contributed by atoms with Crippen molar-refractivity contribution < 1.29 is 13.2 Å². The third-order valence-corrected chi connectivity index (χ3v) is 8.13. The van der Waals surface area contributed by atoms with Gasteiger partial charge >= 0.3 is 0 Å². The highest BCUT2D eigenvalue weighted by Crippen LogP contribution is 2.21. The van der Waals surface area contributed by atoms with E-state index in [0.29, 0.717) is 17.8 Å². The van der Waals surface area contributed by atoms with E-state index < -0.39 is 10.0 Å². The third-order valence-electron chi connectivity index (χ3n) is 5.35. The topological polar surface area (TPSA) is 91.4 Å². The number of carbonyl (C=O) groups is 1. The number of anilines is 2. The van der Waals surface area contributed by atoms with E-state index in [0.717, 1.165) is 35.8 Å². The molecule has 4 rings (SSSR count). The smallest absolute Gasteiger partial charge is 0.271 e. The van der Waals surface area contributed by atoms with E-state index in [9.17, 15) is 13.2 Å². The zero-order valence-electron chi connectivity index (χ0n) is 17.7. The van der Waals surface area contributed by atoms with Crippen molar-refractivity contribution in [1.82, 2.24) is 10.3 Å². The molecule has 0 spiro atoms. The van der Waals surface area contributed by atoms with Crippen molar-refractivity contribution in [2.45, 2.75) is 36.4 Å². The Morgan fingerprint density at radius 3 is 2.38 bits per heavy atom. The molecule has 2 aromatic heterocycles. The molecule has 7 nitrogen and oxygen atoms in total. The number of carbonyl (C=O) groups excluding carboxylic acids is 1. The molecule has 1 aromatic carbocycles. The van der Waals surface area contributed by atoms with Crippen LogP contribution in [-0.2, 0) is 16.6 Å². The lowest BCUT2D eigenvalue weighted by atomic mass is 10.2. The molecule has 168 valence electrons. The van der Waals surface area contributed by atoms with Gasteiger partial charge < -0.3 is 10.2 Å². The minimum absolute atomic E-state index is 0.228. The van der Waals surface area contributed by atoms with Crippen molar-refractivity contribution in [2.75, 3.05) is 22.7 Å². The highest BCUT2D eigenvalue weighted by atomic mass is 32.2. The minimum atomic E-state index is -3.61. The lowest BCUT2D eigenvalue weighted by Crippen LogP contribution is -2.25. The molecule has 2 N–H and O–H groups in total. The molecular weight excluding hydrogens is 444 g/mol. The maximum absolute atomic E-state index is 12.5. The molecule has 0 unspecified atom stereocenters. The fourth-order valence-electron chi connectivity index (χ4n) is 3.60. The second kappa shape index (κ2) is 10.1. The fraction of sp³-hybridized carbons (Fsp3) is 0.304. The zero-order valence-corrected chi connectivity index (χ0v) is 19.3. The molecule has 9 heteroatoms. The first-order valence-corrected chi connectivity index (χ1v) is 13.0. The molecule has 32 heavy (non-hydrogen) atoms. The molecule has 0 saturated carbocycles. The molecule has 3 heterocycles. The first-order valence-electron chi connectivity index (χ1n) is 10.7. The number of thiophene rings is 1. The summed E-state index contributed by atoms with van der Waals surface area (Å²) in [6.45, 7) is 2.46. The molecule has 1 aliphatic heterocycles. The average Bonchev–Trinajstić information content (AvgIpc) is 3.23. The maximum atomic E-state index is 12.5. The number of nitrogens with zero attached hydrogens (tertiary/aromatic N) is 2. The Balaban J connectivity index is 1.31. The van der Waals surface area contributed by atoms with Crippen LogP contribution in [0.5, 0.6) is 0 Å². The summed E-state index contributed by atoms with van der Waals surface area (Å²) in [7, 11) is -3.61. The number of hydrogen-bond acceptors (Lipinski definition) is 6. The Labute approximate surface area is 192 Å². The number of pyridine rings is 1. The lowest BCUT2D eigenvalue weighted by Gasteiger charge is -2.21. The molecule has 0 atom stereocenters. The van der Waals surface area contributed by atoms with E-state index in [2.05, 4.69) is 19.9 Å². The van der Waals surface area contributed by atoms with Gasteiger partial charge in [0, 0.05) is 37.1 Å². The Bertz CT molecular complexity index is 1120. The van der Waals surface area contributed by atoms with Crippen LogP contribution in [0.3, 0.4) is 0 Å². The summed E-state index contributed by atoms with van der Waals surface area (Å²) in [5.41, 5.74) is 1.79. The van der Waals surface area contributed by atoms with Crippen molar-refractivity contribution in [3.63, 3.8) is 0 Å². The van der Waals surface area contributed by atoms with Gasteiger partial charge in [0.2, 0.25) is 0 Å². The molecule has 0 bridgehead atoms. The van der Waals surface area contributed by atoms with Gasteiger partial charge in [0.25, 0.3) is 15.9 Å². The Morgan fingerprint density at radius 1 is 1.00 bits per heavy atom. The standard InChI is InChI=1S/C23H26N4O3S2/c28-23(19-8-10-20(11-9-19)26-32(29,30)22-6-5-15-31-22)25-17-18-7-12-21(24-16-18)27-13-3-1-2-4-14-27/h5-12,15-16,26H,1-4,13-14,17H2,(H,25,28). The Kier molecular flexibility index (Phi) is 7.06. The average molecular weight is 471 g/mol. The Morgan fingerprint density at radius 2 is 1.75 bits per heavy atom. The van der Waals surface area contributed by atoms with Gasteiger partial charge in [-0.25, -0.2) is 13.4 Å². The van der Waals surface area contributed by atoms with Gasteiger partial charge in [-0.1, -0.05) is 25.0 Å². The van der Waals surface area contributed by atoms with E-state index in [4.69, 9.17) is 0 Å². The highest BCUT2D eigenvalue weighted by molar-refractivity contribution is 7.94. The van der Waals surface area contributed by atoms with E-state index in [1.165, 1.54) is 25.7 Å². The number of amides is 1. The second-order valence-corrected chi connectivity index (χ2v) is 10.6. The van der Waals surface area contributed by atoms with E-state index in [1.54, 1.807) is 41.8 Å². The SMILES string of the molecule is O=C(NCc1ccc(N2CCCCCC2)nc1)c1ccc(NS(=O)(=O)c2cccs2)cc1. The predicted octanol–water partition coefficient (Wildman–Crippen LogP) is 4.25. The monoisotopic (exact) mass is 470 g/mol. The van der Waals surface area contributed by atoms with E-state index in [1.807, 2.05) is 18.3 Å². The van der Waals surface area contributed by atoms with Crippen LogP contribution in [0.1, 0.15) is 41.6 Å². The summed E-state index contributed by atoms with van der Waals surface area (Å²) < 4.78 is 27.4. The van der Waals surface area contributed by atoms with Crippen molar-refractivity contribution in [3.05, 3.63) is 71.2 Å². The first kappa shape index (κ1) is 22.3. The Hall–Kier alpha value is -2.91. The van der Waals surface area contributed by atoms with Gasteiger partial charge in [0.05, 0.1) is 0 Å². The van der Waals surface area contributed by atoms with Crippen molar-refractivity contribution in [2.24, 2.45) is 0 Å². The van der Waals surface area contributed by atoms with Crippen molar-refractivity contribution in [1.29, 1.82) is 0 Å². The van der Waals surface area contributed by atoms with E-state index >= 15 is 0 Å². The molecule has 1 aliphatic rings. The summed E-state index contributed by atoms with van der Waals surface area (Å²) in [5, 5.41) is 4.59. The maximum Gasteiger partial charge on any atom is 0.271 e. The van der Waals surface area contributed by atoms with Crippen LogP contribution in [0, 0.1) is 0 Å². The zero-order chi connectivity index (χ0) is 22.4. The van der Waals surface area contributed by atoms with Crippen LogP contribution in [-0.4, -0.2) is 32.4 Å². The number of rotatable bonds is 7. The number of nitrogens with one attached hydrogen (secondary N) is 2. The minimum Gasteiger partial charge on any atom is -0.357 e. The van der Waals surface area contributed by atoms with Gasteiger partial charge in [-0.05, 0) is 60.2 Å². The van der Waals surface area contributed by atoms with Crippen LogP contribution >= 0.6 is 11.3 Å². The predicted molar refractivity (Wildman–Crippen MR) is 128 cm³/mol. The molecule has 1 amide bonds. The van der Waals surface area contributed by atoms with Gasteiger partial charge in [-0.15, -0.1) is 11.3 Å². The van der Waals surface area contributed by atoms with E-state index in [-0.39, 0.29) is 10.1 Å². The summed E-state index contributed by atoms with van der Waals surface area (Å²) in [6.07, 6.45) is 6.77. The molecule has 0 aliphatic carbocycles. The quantitative estimate of drug-likeness (QED) is 0.539. The number of sulfonamides is 1. The van der Waals surface area contributed by atoms with Gasteiger partial charge in [0.1, 0.15) is 10.0 Å². The fourth-order valence-corrected chi connectivity index (χ4v) is 5.66. The van der Waals surface area contributed by atoms with Gasteiger partial charge in [-0.2, -0.15) is 0 Å². The van der Waals surface area contributed by atoms with Crippen LogP contribution in [0.25, 0.3) is 0 Å². The summed E-state index contributed by atoms with van der Waals surface area (Å²) >= 11 is 1.15. The van der Waals surface area contributed by atoms with Crippen molar-refractivity contribution >= 4 is 38.8 Å². The second-order valence-electron chi connectivity index (χ2n) is 7.72. The highest BCUT2D eigenvalue weighted by Gasteiger charge is 2.15. The molecule has 0 radical (unpaired) electrons. The number of benzene rings is 1. The van der Waals surface area contributed by atoms with Crippen LogP contribution in [0.4, 0.5) is 11.5 Å². The van der Waals surface area contributed by atoms with Gasteiger partial charge in [-0.3, -0.25) is 9.52 Å². The van der Waals surface area contributed by atoms with Gasteiger partial charge in [0.15, 0.2) is 0 Å². The summed E-state index contributed by atoms with van der Waals surface area (Å²) in [5.74, 6) is 0.761. The normalized spacial score (nSPS) is 14.6. The third kappa shape index (κ3) is 5.66. The lowest BCUT2D eigenvalue weighted by molar-refractivity contribution is 0.0951. The molecular formula is C23H26N4O3S2. The first-order chi connectivity index (χ1) is 15.5. The molecule has 1 saturated heterocycles. The largest absolute Gasteiger partial charge is 0.357 e.